The van der Waals surface area contributed by atoms with Crippen molar-refractivity contribution < 1.29 is 13.2 Å². The molecule has 3 rings (SSSR count). The number of carbonyl (C=O) groups excluding carboxylic acids is 1. The largest absolute Gasteiger partial charge is 0.355 e. The van der Waals surface area contributed by atoms with Crippen LogP contribution in [-0.2, 0) is 21.2 Å². The number of nitrogens with zero attached hydrogens (tertiary/aromatic N) is 1. The standard InChI is InChI=1S/C25H27ClN2O3S/c1-19-9-13-22(14-10-19)28(32(30,31)23-15-11-20(2)12-16-23)18-25(29)27-17-5-7-21-6-3-4-8-24(21)26/h3-4,6,8-16H,5,7,17-18H2,1-2H3,(H,27,29). The molecule has 0 unspecified atom stereocenters. The van der Waals surface area contributed by atoms with Gasteiger partial charge in [0.25, 0.3) is 10.0 Å². The highest BCUT2D eigenvalue weighted by Gasteiger charge is 2.27. The van der Waals surface area contributed by atoms with Gasteiger partial charge in [-0.3, -0.25) is 9.10 Å². The Morgan fingerprint density at radius 3 is 2.12 bits per heavy atom. The molecular formula is C25H27ClN2O3S. The number of halogens is 1. The Morgan fingerprint density at radius 1 is 0.906 bits per heavy atom. The van der Waals surface area contributed by atoms with Crippen LogP contribution in [0.4, 0.5) is 5.69 Å². The van der Waals surface area contributed by atoms with Crippen LogP contribution in [0.25, 0.3) is 0 Å². The smallest absolute Gasteiger partial charge is 0.264 e. The van der Waals surface area contributed by atoms with Gasteiger partial charge in [0, 0.05) is 11.6 Å². The number of hydrogen-bond acceptors (Lipinski definition) is 3. The second-order valence-corrected chi connectivity index (χ2v) is 9.97. The first-order valence-corrected chi connectivity index (χ1v) is 12.3. The lowest BCUT2D eigenvalue weighted by Gasteiger charge is -2.24. The summed E-state index contributed by atoms with van der Waals surface area (Å²) in [7, 11) is -3.90. The highest BCUT2D eigenvalue weighted by Crippen LogP contribution is 2.24. The van der Waals surface area contributed by atoms with Crippen molar-refractivity contribution in [2.75, 3.05) is 17.4 Å². The summed E-state index contributed by atoms with van der Waals surface area (Å²) in [6, 6.07) is 21.3. The highest BCUT2D eigenvalue weighted by atomic mass is 35.5. The quantitative estimate of drug-likeness (QED) is 0.452. The molecule has 3 aromatic carbocycles. The molecule has 0 aliphatic rings. The third-order valence-electron chi connectivity index (χ3n) is 5.12. The van der Waals surface area contributed by atoms with Gasteiger partial charge in [-0.1, -0.05) is 65.2 Å². The number of sulfonamides is 1. The van der Waals surface area contributed by atoms with Crippen LogP contribution in [0.2, 0.25) is 5.02 Å². The van der Waals surface area contributed by atoms with Crippen LogP contribution < -0.4 is 9.62 Å². The van der Waals surface area contributed by atoms with E-state index in [9.17, 15) is 13.2 Å². The predicted octanol–water partition coefficient (Wildman–Crippen LogP) is 4.90. The predicted molar refractivity (Wildman–Crippen MR) is 130 cm³/mol. The number of amides is 1. The average molecular weight is 471 g/mol. The zero-order valence-corrected chi connectivity index (χ0v) is 19.8. The van der Waals surface area contributed by atoms with Gasteiger partial charge in [0.1, 0.15) is 6.54 Å². The monoisotopic (exact) mass is 470 g/mol. The number of anilines is 1. The maximum atomic E-state index is 13.3. The summed E-state index contributed by atoms with van der Waals surface area (Å²) in [6.07, 6.45) is 1.42. The van der Waals surface area contributed by atoms with Gasteiger partial charge < -0.3 is 5.32 Å². The topological polar surface area (TPSA) is 66.5 Å². The van der Waals surface area contributed by atoms with Crippen LogP contribution in [0, 0.1) is 13.8 Å². The van der Waals surface area contributed by atoms with Gasteiger partial charge in [-0.25, -0.2) is 8.42 Å². The van der Waals surface area contributed by atoms with Crippen LogP contribution in [0.3, 0.4) is 0 Å². The van der Waals surface area contributed by atoms with E-state index in [4.69, 9.17) is 11.6 Å². The summed E-state index contributed by atoms with van der Waals surface area (Å²) in [5.74, 6) is -0.361. The van der Waals surface area contributed by atoms with Crippen molar-refractivity contribution in [2.24, 2.45) is 0 Å². The highest BCUT2D eigenvalue weighted by molar-refractivity contribution is 7.92. The summed E-state index contributed by atoms with van der Waals surface area (Å²) < 4.78 is 27.8. The molecular weight excluding hydrogens is 444 g/mol. The lowest BCUT2D eigenvalue weighted by atomic mass is 10.1. The molecule has 3 aromatic rings. The van der Waals surface area contributed by atoms with Crippen molar-refractivity contribution in [3.05, 3.63) is 94.5 Å². The maximum absolute atomic E-state index is 13.3. The van der Waals surface area contributed by atoms with Gasteiger partial charge in [-0.2, -0.15) is 0 Å². The Morgan fingerprint density at radius 2 is 1.50 bits per heavy atom. The summed E-state index contributed by atoms with van der Waals surface area (Å²) in [5.41, 5.74) is 3.43. The van der Waals surface area contributed by atoms with Gasteiger partial charge >= 0.3 is 0 Å². The molecule has 0 fully saturated rings. The minimum Gasteiger partial charge on any atom is -0.355 e. The lowest BCUT2D eigenvalue weighted by Crippen LogP contribution is -2.41. The number of rotatable bonds is 9. The Bertz CT molecular complexity index is 1160. The molecule has 32 heavy (non-hydrogen) atoms. The Labute approximate surface area is 195 Å². The molecule has 5 nitrogen and oxygen atoms in total. The van der Waals surface area contributed by atoms with Crippen LogP contribution in [0.5, 0.6) is 0 Å². The van der Waals surface area contributed by atoms with Crippen molar-refractivity contribution >= 4 is 33.2 Å². The first-order valence-electron chi connectivity index (χ1n) is 10.4. The van der Waals surface area contributed by atoms with Crippen LogP contribution in [-0.4, -0.2) is 27.4 Å². The molecule has 0 heterocycles. The van der Waals surface area contributed by atoms with Crippen LogP contribution in [0.15, 0.2) is 77.7 Å². The third kappa shape index (κ3) is 6.11. The molecule has 0 aromatic heterocycles. The average Bonchev–Trinajstić information content (AvgIpc) is 2.77. The van der Waals surface area contributed by atoms with E-state index in [1.165, 1.54) is 0 Å². The molecule has 0 radical (unpaired) electrons. The van der Waals surface area contributed by atoms with Gasteiger partial charge in [-0.15, -0.1) is 0 Å². The van der Waals surface area contributed by atoms with E-state index in [0.717, 1.165) is 27.4 Å². The molecule has 0 saturated heterocycles. The number of carbonyl (C=O) groups is 1. The number of hydrogen-bond donors (Lipinski definition) is 1. The van der Waals surface area contributed by atoms with E-state index in [1.54, 1.807) is 36.4 Å². The SMILES string of the molecule is Cc1ccc(N(CC(=O)NCCCc2ccccc2Cl)S(=O)(=O)c2ccc(C)cc2)cc1. The zero-order valence-electron chi connectivity index (χ0n) is 18.2. The second kappa shape index (κ2) is 10.7. The molecule has 7 heteroatoms. The zero-order chi connectivity index (χ0) is 23.1. The normalized spacial score (nSPS) is 11.2. The van der Waals surface area contributed by atoms with Crippen molar-refractivity contribution in [3.8, 4) is 0 Å². The first-order chi connectivity index (χ1) is 15.3. The minimum atomic E-state index is -3.90. The number of nitrogens with one attached hydrogen (secondary N) is 1. The van der Waals surface area contributed by atoms with Crippen LogP contribution >= 0.6 is 11.6 Å². The molecule has 1 amide bonds. The molecule has 1 N–H and O–H groups in total. The molecule has 0 aliphatic heterocycles. The first kappa shape index (κ1) is 23.8. The molecule has 0 saturated carbocycles. The molecule has 168 valence electrons. The fraction of sp³-hybridized carbons (Fsp3) is 0.240. The molecule has 0 spiro atoms. The minimum absolute atomic E-state index is 0.148. The summed E-state index contributed by atoms with van der Waals surface area (Å²) >= 11 is 6.17. The van der Waals surface area contributed by atoms with E-state index < -0.39 is 10.0 Å². The van der Waals surface area contributed by atoms with E-state index in [-0.39, 0.29) is 17.3 Å². The Hall–Kier alpha value is -2.83. The van der Waals surface area contributed by atoms with E-state index in [1.807, 2.05) is 50.2 Å². The van der Waals surface area contributed by atoms with Crippen molar-refractivity contribution in [2.45, 2.75) is 31.6 Å². The number of aryl methyl sites for hydroxylation is 3. The van der Waals surface area contributed by atoms with Crippen molar-refractivity contribution in [1.82, 2.24) is 5.32 Å². The lowest BCUT2D eigenvalue weighted by molar-refractivity contribution is -0.119. The Balaban J connectivity index is 1.71. The molecule has 0 atom stereocenters. The van der Waals surface area contributed by atoms with Crippen molar-refractivity contribution in [3.63, 3.8) is 0 Å². The summed E-state index contributed by atoms with van der Waals surface area (Å²) in [6.45, 7) is 3.94. The number of benzene rings is 3. The fourth-order valence-corrected chi connectivity index (χ4v) is 4.91. The molecule has 0 bridgehead atoms. The van der Waals surface area contributed by atoms with E-state index in [2.05, 4.69) is 5.32 Å². The van der Waals surface area contributed by atoms with Gasteiger partial charge in [0.15, 0.2) is 0 Å². The van der Waals surface area contributed by atoms with E-state index >= 15 is 0 Å². The van der Waals surface area contributed by atoms with Crippen LogP contribution in [0.1, 0.15) is 23.1 Å². The second-order valence-electron chi connectivity index (χ2n) is 7.71. The summed E-state index contributed by atoms with van der Waals surface area (Å²) in [5, 5.41) is 3.53. The van der Waals surface area contributed by atoms with Gasteiger partial charge in [0.2, 0.25) is 5.91 Å². The van der Waals surface area contributed by atoms with Gasteiger partial charge in [-0.05, 0) is 62.6 Å². The maximum Gasteiger partial charge on any atom is 0.264 e. The van der Waals surface area contributed by atoms with E-state index in [0.29, 0.717) is 23.7 Å². The van der Waals surface area contributed by atoms with Crippen molar-refractivity contribution in [1.29, 1.82) is 0 Å². The third-order valence-corrected chi connectivity index (χ3v) is 7.28. The summed E-state index contributed by atoms with van der Waals surface area (Å²) in [4.78, 5) is 12.8. The molecule has 0 aliphatic carbocycles. The fourth-order valence-electron chi connectivity index (χ4n) is 3.26. The van der Waals surface area contributed by atoms with Gasteiger partial charge in [0.05, 0.1) is 10.6 Å². The Kier molecular flexibility index (Phi) is 7.94.